The number of rotatable bonds is 14. The van der Waals surface area contributed by atoms with E-state index in [9.17, 15) is 33.2 Å². The Balaban J connectivity index is 0.000000262. The van der Waals surface area contributed by atoms with Gasteiger partial charge in [0.2, 0.25) is 5.78 Å². The highest BCUT2D eigenvalue weighted by Crippen LogP contribution is 2.36. The normalized spacial score (nSPS) is 12.4. The van der Waals surface area contributed by atoms with Crippen molar-refractivity contribution in [1.82, 2.24) is 71.5 Å². The average Bonchev–Trinajstić information content (AvgIpc) is 4.42. The zero-order valence-electron chi connectivity index (χ0n) is 44.3. The van der Waals surface area contributed by atoms with Crippen molar-refractivity contribution in [1.29, 1.82) is 0 Å². The lowest BCUT2D eigenvalue weighted by molar-refractivity contribution is -0.145. The van der Waals surface area contributed by atoms with Gasteiger partial charge in [-0.2, -0.15) is 20.2 Å². The van der Waals surface area contributed by atoms with E-state index in [2.05, 4.69) is 83.5 Å². The maximum Gasteiger partial charge on any atom is 0.317 e. The molecule has 28 heteroatoms. The van der Waals surface area contributed by atoms with Gasteiger partial charge in [-0.25, -0.2) is 18.7 Å². The Morgan fingerprint density at radius 1 is 0.713 bits per heavy atom. The van der Waals surface area contributed by atoms with E-state index in [0.29, 0.717) is 69.5 Å². The van der Waals surface area contributed by atoms with Crippen LogP contribution in [-0.4, -0.2) is 130 Å². The number of ketones is 1. The van der Waals surface area contributed by atoms with E-state index in [4.69, 9.17) is 9.05 Å². The van der Waals surface area contributed by atoms with Crippen molar-refractivity contribution >= 4 is 92.4 Å². The number of hydrogen-bond donors (Lipinski definition) is 6. The largest absolute Gasteiger partial charge is 0.367 e. The molecule has 1 aliphatic rings. The number of likely N-dealkylation sites (N-methyl/N-ethyl adjacent to an activating group) is 2. The fourth-order valence-electron chi connectivity index (χ4n) is 7.39. The van der Waals surface area contributed by atoms with Crippen LogP contribution in [0.25, 0.3) is 44.3 Å². The van der Waals surface area contributed by atoms with Crippen LogP contribution in [0.5, 0.6) is 0 Å². The molecule has 1 fully saturated rings. The Kier molecular flexibility index (Phi) is 20.5. The number of aromatic amines is 2. The summed E-state index contributed by atoms with van der Waals surface area (Å²) in [6.45, 7) is 14.5. The number of piperazine rings is 1. The van der Waals surface area contributed by atoms with Crippen molar-refractivity contribution in [2.75, 3.05) is 50.5 Å². The number of anilines is 2. The number of carbonyl (C=O) groups is 6. The molecular formula is C52H60Cl2F2N16O8. The van der Waals surface area contributed by atoms with Gasteiger partial charge in [-0.15, -0.1) is 12.4 Å². The van der Waals surface area contributed by atoms with Crippen molar-refractivity contribution in [2.24, 2.45) is 0 Å². The van der Waals surface area contributed by atoms with Crippen LogP contribution < -0.4 is 26.2 Å². The van der Waals surface area contributed by atoms with E-state index in [1.165, 1.54) is 21.9 Å². The molecule has 424 valence electrons. The van der Waals surface area contributed by atoms with Gasteiger partial charge in [-0.3, -0.25) is 43.9 Å². The number of benzene rings is 2. The molecule has 0 radical (unpaired) electrons. The number of nitrogens with one attached hydrogen (secondary N) is 6. The zero-order chi connectivity index (χ0) is 56.6. The molecule has 24 nitrogen and oxygen atoms in total. The lowest BCUT2D eigenvalue weighted by Crippen LogP contribution is -2.53. The summed E-state index contributed by atoms with van der Waals surface area (Å²) in [5, 5.41) is 33.8. The standard InChI is InChI=1S/C25H25FN8O4.C23H27FN8O2.C3H3ClO2.CH4.ClH/c1-25(2,3)24-29-21(38-32-24)20(35)28-12-14-6-5-13(11-16(14)26)15-7-8-27-18-17(15)19(31-30-18)34-10-9-33(4)22(36)23(34)37;1-23(2,3)22-29-21(34-32-22)20(33)28-12-14-6-5-13(11-16(14)24)15-7-8-26-18-17(15)19(31-30-18)27-10-9-25-4;1-2(5)3(4)6;;/h5-8,11H,9-10,12H2,1-4H3,(H,28,35)(H,27,30,31);5-8,11,25H,9-10,12H2,1-4H3,(H,28,33)(H2,26,27,30,31);1H3;1H4;1H. The number of hydrogen-bond acceptors (Lipinski definition) is 18. The number of carbonyl (C=O) groups excluding carboxylic acids is 6. The van der Waals surface area contributed by atoms with E-state index in [0.717, 1.165) is 24.4 Å². The summed E-state index contributed by atoms with van der Waals surface area (Å²) in [5.74, 6) is -2.74. The molecule has 1 saturated heterocycles. The minimum atomic E-state index is -0.907. The maximum absolute atomic E-state index is 15.1. The van der Waals surface area contributed by atoms with Crippen LogP contribution in [0.15, 0.2) is 70.0 Å². The molecule has 0 bridgehead atoms. The highest BCUT2D eigenvalue weighted by atomic mass is 35.5. The summed E-state index contributed by atoms with van der Waals surface area (Å²) >= 11 is 4.62. The molecule has 0 unspecified atom stereocenters. The van der Waals surface area contributed by atoms with E-state index < -0.39 is 46.3 Å². The van der Waals surface area contributed by atoms with Gasteiger partial charge >= 0.3 is 35.4 Å². The third kappa shape index (κ3) is 14.5. The molecule has 0 spiro atoms. The van der Waals surface area contributed by atoms with Crippen LogP contribution in [-0.2, 0) is 43.1 Å². The van der Waals surface area contributed by atoms with Crippen LogP contribution >= 0.6 is 24.0 Å². The summed E-state index contributed by atoms with van der Waals surface area (Å²) in [6, 6.07) is 12.9. The van der Waals surface area contributed by atoms with Crippen LogP contribution in [0.3, 0.4) is 0 Å². The number of pyridine rings is 2. The molecule has 4 amide bonds. The quantitative estimate of drug-likeness (QED) is 0.0380. The summed E-state index contributed by atoms with van der Waals surface area (Å²) < 4.78 is 40.2. The topological polar surface area (TPSA) is 318 Å². The van der Waals surface area contributed by atoms with Gasteiger partial charge in [0.05, 0.1) is 10.8 Å². The third-order valence-corrected chi connectivity index (χ3v) is 12.0. The van der Waals surface area contributed by atoms with E-state index in [1.54, 1.807) is 49.8 Å². The summed E-state index contributed by atoms with van der Waals surface area (Å²) in [6.07, 6.45) is 3.19. The molecule has 1 aliphatic heterocycles. The number of halogens is 4. The Morgan fingerprint density at radius 2 is 1.19 bits per heavy atom. The van der Waals surface area contributed by atoms with Gasteiger partial charge in [0.25, 0.3) is 5.24 Å². The molecule has 6 aromatic heterocycles. The molecule has 9 rings (SSSR count). The minimum absolute atomic E-state index is 0. The van der Waals surface area contributed by atoms with Crippen LogP contribution in [0, 0.1) is 11.6 Å². The van der Waals surface area contributed by atoms with Crippen molar-refractivity contribution in [3.63, 3.8) is 0 Å². The SMILES string of the molecule is C.CC(=O)C(=O)Cl.CN1CCN(c2n[nH]c3nccc(-c4ccc(CNC(=O)c5nc(C(C)(C)C)no5)c(F)c4)c23)C(=O)C1=O.CNCCNc1n[nH]c2nccc(-c3ccc(CNC(=O)c4nc(C(C)(C)C)no4)c(F)c3)c12.Cl. The maximum atomic E-state index is 15.1. The van der Waals surface area contributed by atoms with E-state index in [1.807, 2.05) is 54.7 Å². The fraction of sp³-hybridized carbons (Fsp3) is 0.346. The third-order valence-electron chi connectivity index (χ3n) is 11.7. The summed E-state index contributed by atoms with van der Waals surface area (Å²) in [5.41, 5.74) is 3.39. The Bertz CT molecular complexity index is 3540. The molecule has 0 saturated carbocycles. The van der Waals surface area contributed by atoms with Crippen molar-refractivity contribution in [3.05, 3.63) is 107 Å². The number of Topliss-reactive ketones (excluding diaryl/α,β-unsaturated/α-hetero) is 1. The van der Waals surface area contributed by atoms with Crippen molar-refractivity contribution in [3.8, 4) is 22.3 Å². The minimum Gasteiger partial charge on any atom is -0.367 e. The lowest BCUT2D eigenvalue weighted by atomic mass is 9.96. The second-order valence-corrected chi connectivity index (χ2v) is 20.0. The number of H-pyrrole nitrogens is 2. The molecule has 2 aromatic carbocycles. The number of aromatic nitrogens is 10. The van der Waals surface area contributed by atoms with Gasteiger partial charge in [-0.1, -0.05) is 83.5 Å². The molecule has 8 aromatic rings. The second-order valence-electron chi connectivity index (χ2n) is 19.7. The predicted molar refractivity (Wildman–Crippen MR) is 295 cm³/mol. The van der Waals surface area contributed by atoms with Gasteiger partial charge in [0, 0.05) is 87.6 Å². The first-order valence-corrected chi connectivity index (χ1v) is 24.5. The molecule has 0 atom stereocenters. The van der Waals surface area contributed by atoms with E-state index >= 15 is 4.39 Å². The Morgan fingerprint density at radius 3 is 1.64 bits per heavy atom. The number of amides is 4. The smallest absolute Gasteiger partial charge is 0.317 e. The molecule has 80 heavy (non-hydrogen) atoms. The van der Waals surface area contributed by atoms with E-state index in [-0.39, 0.29) is 73.5 Å². The highest BCUT2D eigenvalue weighted by Gasteiger charge is 2.34. The first kappa shape index (κ1) is 62.2. The Hall–Kier alpha value is -8.62. The first-order chi connectivity index (χ1) is 37.0. The molecule has 6 N–H and O–H groups in total. The fourth-order valence-corrected chi connectivity index (χ4v) is 7.39. The predicted octanol–water partition coefficient (Wildman–Crippen LogP) is 6.58. The van der Waals surface area contributed by atoms with Gasteiger partial charge in [-0.05, 0) is 65.2 Å². The number of fused-ring (bicyclic) bond motifs is 2. The first-order valence-electron chi connectivity index (χ1n) is 24.1. The van der Waals surface area contributed by atoms with Crippen LogP contribution in [0.4, 0.5) is 20.4 Å². The molecular weight excluding hydrogens is 1090 g/mol. The van der Waals surface area contributed by atoms with Crippen molar-refractivity contribution in [2.45, 2.75) is 79.8 Å². The Labute approximate surface area is 468 Å². The van der Waals surface area contributed by atoms with Gasteiger partial charge in [0.15, 0.2) is 34.6 Å². The summed E-state index contributed by atoms with van der Waals surface area (Å²) in [4.78, 5) is 88.4. The van der Waals surface area contributed by atoms with Crippen molar-refractivity contribution < 1.29 is 46.6 Å². The lowest BCUT2D eigenvalue weighted by Gasteiger charge is -2.30. The summed E-state index contributed by atoms with van der Waals surface area (Å²) in [7, 11) is 3.43. The zero-order valence-corrected chi connectivity index (χ0v) is 45.9. The van der Waals surface area contributed by atoms with Gasteiger partial charge < -0.3 is 35.2 Å². The molecule has 7 heterocycles. The van der Waals surface area contributed by atoms with Crippen LogP contribution in [0.2, 0.25) is 0 Å². The average molecular weight is 1150 g/mol. The second kappa shape index (κ2) is 26.4. The monoisotopic (exact) mass is 1140 g/mol. The number of nitrogens with zero attached hydrogens (tertiary/aromatic N) is 10. The molecule has 0 aliphatic carbocycles. The van der Waals surface area contributed by atoms with Gasteiger partial charge in [0.1, 0.15) is 11.6 Å². The highest BCUT2D eigenvalue weighted by molar-refractivity contribution is 6.80. The van der Waals surface area contributed by atoms with Crippen LogP contribution in [0.1, 0.15) is 100 Å².